The summed E-state index contributed by atoms with van der Waals surface area (Å²) >= 11 is 0. The number of esters is 1. The van der Waals surface area contributed by atoms with Gasteiger partial charge in [-0.05, 0) is 48.0 Å². The van der Waals surface area contributed by atoms with Crippen LogP contribution >= 0.6 is 0 Å². The van der Waals surface area contributed by atoms with Gasteiger partial charge in [-0.25, -0.2) is 0 Å². The van der Waals surface area contributed by atoms with Crippen molar-refractivity contribution >= 4 is 5.97 Å². The van der Waals surface area contributed by atoms with Gasteiger partial charge in [0.25, 0.3) is 0 Å². The number of hydrogen-bond donors (Lipinski definition) is 1. The molecule has 0 unspecified atom stereocenters. The number of hydrogen-bond acceptors (Lipinski definition) is 4. The SMILES string of the molecule is CCC(C)(C)C(=O)OC1CC(C)(C)N(O)C(C)(C)C1. The average Bonchev–Trinajstić information content (AvgIpc) is 2.24. The molecule has 0 bridgehead atoms. The van der Waals surface area contributed by atoms with Gasteiger partial charge in [0.1, 0.15) is 6.10 Å². The number of carbonyl (C=O) groups excluding carboxylic acids is 1. The molecule has 0 saturated carbocycles. The molecule has 1 saturated heterocycles. The molecule has 4 nitrogen and oxygen atoms in total. The van der Waals surface area contributed by atoms with E-state index in [0.29, 0.717) is 12.8 Å². The van der Waals surface area contributed by atoms with Gasteiger partial charge in [0.15, 0.2) is 0 Å². The molecule has 112 valence electrons. The highest BCUT2D eigenvalue weighted by atomic mass is 16.5. The number of ether oxygens (including phenoxy) is 1. The van der Waals surface area contributed by atoms with E-state index < -0.39 is 5.41 Å². The van der Waals surface area contributed by atoms with Crippen molar-refractivity contribution in [2.45, 2.75) is 84.9 Å². The van der Waals surface area contributed by atoms with E-state index in [1.807, 2.05) is 48.5 Å². The molecule has 0 amide bonds. The van der Waals surface area contributed by atoms with Gasteiger partial charge >= 0.3 is 5.97 Å². The topological polar surface area (TPSA) is 49.8 Å². The first-order chi connectivity index (χ1) is 8.42. The zero-order valence-corrected chi connectivity index (χ0v) is 13.4. The monoisotopic (exact) mass is 271 g/mol. The van der Waals surface area contributed by atoms with Crippen LogP contribution in [0.5, 0.6) is 0 Å². The summed E-state index contributed by atoms with van der Waals surface area (Å²) in [5.74, 6) is -0.141. The number of rotatable bonds is 3. The highest BCUT2D eigenvalue weighted by Gasteiger charge is 2.47. The first-order valence-corrected chi connectivity index (χ1v) is 7.13. The number of piperidine rings is 1. The fourth-order valence-corrected chi connectivity index (χ4v) is 2.72. The zero-order valence-electron chi connectivity index (χ0n) is 13.4. The lowest BCUT2D eigenvalue weighted by molar-refractivity contribution is -0.260. The van der Waals surface area contributed by atoms with Crippen molar-refractivity contribution in [1.82, 2.24) is 5.06 Å². The average molecular weight is 271 g/mol. The molecule has 0 spiro atoms. The minimum absolute atomic E-state index is 0.133. The molecule has 1 rings (SSSR count). The van der Waals surface area contributed by atoms with Crippen LogP contribution in [0.2, 0.25) is 0 Å². The number of carbonyl (C=O) groups is 1. The minimum Gasteiger partial charge on any atom is -0.462 e. The van der Waals surface area contributed by atoms with E-state index in [9.17, 15) is 10.0 Å². The molecule has 0 aromatic heterocycles. The van der Waals surface area contributed by atoms with Crippen molar-refractivity contribution in [1.29, 1.82) is 0 Å². The molecule has 1 N–H and O–H groups in total. The minimum atomic E-state index is -0.440. The predicted molar refractivity (Wildman–Crippen MR) is 75.0 cm³/mol. The third kappa shape index (κ3) is 3.48. The van der Waals surface area contributed by atoms with Crippen molar-refractivity contribution < 1.29 is 14.7 Å². The molecule has 19 heavy (non-hydrogen) atoms. The molecule has 1 aliphatic heterocycles. The summed E-state index contributed by atoms with van der Waals surface area (Å²) in [4.78, 5) is 12.2. The van der Waals surface area contributed by atoms with Gasteiger partial charge in [-0.15, -0.1) is 0 Å². The second-order valence-corrected chi connectivity index (χ2v) is 7.61. The molecular weight excluding hydrogens is 242 g/mol. The van der Waals surface area contributed by atoms with E-state index in [1.165, 1.54) is 5.06 Å². The van der Waals surface area contributed by atoms with Crippen LogP contribution < -0.4 is 0 Å². The lowest BCUT2D eigenvalue weighted by Crippen LogP contribution is -2.61. The number of hydroxylamine groups is 2. The highest BCUT2D eigenvalue weighted by Crippen LogP contribution is 2.38. The molecule has 0 aromatic rings. The maximum Gasteiger partial charge on any atom is 0.311 e. The fourth-order valence-electron chi connectivity index (χ4n) is 2.72. The summed E-state index contributed by atoms with van der Waals surface area (Å²) in [6.07, 6.45) is 1.93. The van der Waals surface area contributed by atoms with Gasteiger partial charge in [0.05, 0.1) is 5.41 Å². The van der Waals surface area contributed by atoms with Crippen molar-refractivity contribution in [3.05, 3.63) is 0 Å². The maximum absolute atomic E-state index is 12.2. The summed E-state index contributed by atoms with van der Waals surface area (Å²) in [5.41, 5.74) is -1.21. The van der Waals surface area contributed by atoms with Gasteiger partial charge in [-0.3, -0.25) is 4.79 Å². The van der Waals surface area contributed by atoms with Crippen LogP contribution in [-0.4, -0.2) is 33.4 Å². The summed E-state index contributed by atoms with van der Waals surface area (Å²) in [5, 5.41) is 11.6. The Bertz CT molecular complexity index is 329. The van der Waals surface area contributed by atoms with Crippen LogP contribution in [0.3, 0.4) is 0 Å². The molecule has 1 fully saturated rings. The molecule has 1 heterocycles. The van der Waals surface area contributed by atoms with Crippen LogP contribution in [0.4, 0.5) is 0 Å². The summed E-state index contributed by atoms with van der Waals surface area (Å²) in [6.45, 7) is 13.7. The highest BCUT2D eigenvalue weighted by molar-refractivity contribution is 5.76. The normalized spacial score (nSPS) is 24.2. The fraction of sp³-hybridized carbons (Fsp3) is 0.933. The lowest BCUT2D eigenvalue weighted by atomic mass is 9.80. The summed E-state index contributed by atoms with van der Waals surface area (Å²) < 4.78 is 5.69. The Balaban J connectivity index is 2.79. The Kier molecular flexibility index (Phi) is 4.38. The first kappa shape index (κ1) is 16.4. The Morgan fingerprint density at radius 1 is 1.26 bits per heavy atom. The van der Waals surface area contributed by atoms with Gasteiger partial charge < -0.3 is 9.94 Å². The van der Waals surface area contributed by atoms with E-state index in [1.54, 1.807) is 0 Å². The maximum atomic E-state index is 12.2. The quantitative estimate of drug-likeness (QED) is 0.799. The molecular formula is C15H29NO3. The number of nitrogens with zero attached hydrogens (tertiary/aromatic N) is 1. The summed E-state index contributed by atoms with van der Waals surface area (Å²) in [7, 11) is 0. The van der Waals surface area contributed by atoms with Crippen LogP contribution in [0.1, 0.15) is 67.7 Å². The molecule has 4 heteroatoms. The van der Waals surface area contributed by atoms with E-state index in [-0.39, 0.29) is 23.2 Å². The van der Waals surface area contributed by atoms with Crippen LogP contribution in [0.25, 0.3) is 0 Å². The summed E-state index contributed by atoms with van der Waals surface area (Å²) in [6, 6.07) is 0. The van der Waals surface area contributed by atoms with Crippen molar-refractivity contribution in [2.24, 2.45) is 5.41 Å². The van der Waals surface area contributed by atoms with E-state index >= 15 is 0 Å². The Hall–Kier alpha value is -0.610. The molecule has 0 radical (unpaired) electrons. The molecule has 0 aromatic carbocycles. The molecule has 0 atom stereocenters. The van der Waals surface area contributed by atoms with Crippen LogP contribution in [-0.2, 0) is 9.53 Å². The van der Waals surface area contributed by atoms with Gasteiger partial charge in [-0.2, -0.15) is 5.06 Å². The first-order valence-electron chi connectivity index (χ1n) is 7.13. The zero-order chi connectivity index (χ0) is 15.1. The third-order valence-corrected chi connectivity index (χ3v) is 4.31. The smallest absolute Gasteiger partial charge is 0.311 e. The molecule has 1 aliphatic rings. The van der Waals surface area contributed by atoms with Gasteiger partial charge in [0.2, 0.25) is 0 Å². The Morgan fingerprint density at radius 2 is 1.68 bits per heavy atom. The van der Waals surface area contributed by atoms with E-state index in [0.717, 1.165) is 6.42 Å². The standard InChI is InChI=1S/C15H29NO3/c1-8-13(2,3)12(17)19-11-9-14(4,5)16(18)15(6,7)10-11/h11,18H,8-10H2,1-7H3. The Labute approximate surface area is 117 Å². The van der Waals surface area contributed by atoms with E-state index in [2.05, 4.69) is 0 Å². The van der Waals surface area contributed by atoms with E-state index in [4.69, 9.17) is 4.74 Å². The molecule has 0 aliphatic carbocycles. The second-order valence-electron chi connectivity index (χ2n) is 7.61. The van der Waals surface area contributed by atoms with Crippen molar-refractivity contribution in [2.75, 3.05) is 0 Å². The van der Waals surface area contributed by atoms with Gasteiger partial charge in [-0.1, -0.05) is 6.92 Å². The van der Waals surface area contributed by atoms with Crippen LogP contribution in [0, 0.1) is 5.41 Å². The van der Waals surface area contributed by atoms with Crippen molar-refractivity contribution in [3.8, 4) is 0 Å². The Morgan fingerprint density at radius 3 is 2.05 bits per heavy atom. The second kappa shape index (κ2) is 5.06. The van der Waals surface area contributed by atoms with Crippen LogP contribution in [0.15, 0.2) is 0 Å². The lowest BCUT2D eigenvalue weighted by Gasteiger charge is -2.51. The largest absolute Gasteiger partial charge is 0.462 e. The van der Waals surface area contributed by atoms with Crippen molar-refractivity contribution in [3.63, 3.8) is 0 Å². The third-order valence-electron chi connectivity index (χ3n) is 4.31. The van der Waals surface area contributed by atoms with Gasteiger partial charge in [0, 0.05) is 23.9 Å². The predicted octanol–water partition coefficient (Wildman–Crippen LogP) is 3.38.